The number of rotatable bonds is 6. The summed E-state index contributed by atoms with van der Waals surface area (Å²) in [5.74, 6) is -0.620. The van der Waals surface area contributed by atoms with Gasteiger partial charge in [0.1, 0.15) is 11.6 Å². The lowest BCUT2D eigenvalue weighted by atomic mass is 9.97. The number of nitrogens with one attached hydrogen (secondary N) is 1. The molecule has 3 heterocycles. The number of aromatic amines is 1. The zero-order valence-electron chi connectivity index (χ0n) is 20.1. The fourth-order valence-electron chi connectivity index (χ4n) is 5.29. The zero-order chi connectivity index (χ0) is 26.4. The van der Waals surface area contributed by atoms with Crippen LogP contribution < -0.4 is 14.4 Å². The van der Waals surface area contributed by atoms with E-state index in [4.69, 9.17) is 4.74 Å². The Morgan fingerprint density at radius 3 is 2.68 bits per heavy atom. The first-order chi connectivity index (χ1) is 18.2. The summed E-state index contributed by atoms with van der Waals surface area (Å²) in [7, 11) is 0. The van der Waals surface area contributed by atoms with E-state index in [1.165, 1.54) is 29.3 Å². The summed E-state index contributed by atoms with van der Waals surface area (Å²) >= 11 is 0. The van der Waals surface area contributed by atoms with Gasteiger partial charge in [0.25, 0.3) is 5.91 Å². The summed E-state index contributed by atoms with van der Waals surface area (Å²) < 4.78 is 62.5. The minimum Gasteiger partial charge on any atom is -0.479 e. The van der Waals surface area contributed by atoms with Crippen molar-refractivity contribution in [2.24, 2.45) is 0 Å². The maximum Gasteiger partial charge on any atom is 0.422 e. The van der Waals surface area contributed by atoms with E-state index >= 15 is 4.39 Å². The van der Waals surface area contributed by atoms with Crippen LogP contribution in [0.1, 0.15) is 35.6 Å². The Morgan fingerprint density at radius 2 is 1.92 bits per heavy atom. The van der Waals surface area contributed by atoms with Crippen molar-refractivity contribution < 1.29 is 31.8 Å². The van der Waals surface area contributed by atoms with Crippen LogP contribution >= 0.6 is 0 Å². The fraction of sp³-hybridized carbons (Fsp3) is 0.286. The van der Waals surface area contributed by atoms with Gasteiger partial charge in [-0.2, -0.15) is 13.2 Å². The van der Waals surface area contributed by atoms with Crippen molar-refractivity contribution in [2.45, 2.75) is 37.5 Å². The molecule has 1 fully saturated rings. The predicted octanol–water partition coefficient (Wildman–Crippen LogP) is 5.91. The van der Waals surface area contributed by atoms with Crippen molar-refractivity contribution in [3.63, 3.8) is 0 Å². The number of hydrogen-bond acceptors (Lipinski definition) is 4. The van der Waals surface area contributed by atoms with Crippen LogP contribution in [0.2, 0.25) is 0 Å². The lowest BCUT2D eigenvalue weighted by Gasteiger charge is -2.20. The molecular formula is C28H23F4N3O3. The first kappa shape index (κ1) is 24.3. The molecule has 1 amide bonds. The number of nitrogens with zero attached hydrogens (tertiary/aromatic N) is 2. The van der Waals surface area contributed by atoms with E-state index in [-0.39, 0.29) is 29.3 Å². The Kier molecular flexibility index (Phi) is 5.97. The van der Waals surface area contributed by atoms with Crippen LogP contribution in [0.5, 0.6) is 11.6 Å². The first-order valence-electron chi connectivity index (χ1n) is 12.3. The van der Waals surface area contributed by atoms with Gasteiger partial charge in [-0.3, -0.25) is 4.79 Å². The molecule has 2 aliphatic rings. The highest BCUT2D eigenvalue weighted by Gasteiger charge is 2.36. The van der Waals surface area contributed by atoms with E-state index in [9.17, 15) is 18.0 Å². The fourth-order valence-corrected chi connectivity index (χ4v) is 5.29. The molecule has 2 aromatic carbocycles. The van der Waals surface area contributed by atoms with Crippen LogP contribution in [0.4, 0.5) is 23.2 Å². The molecular weight excluding hydrogens is 502 g/mol. The van der Waals surface area contributed by atoms with Crippen LogP contribution in [-0.2, 0) is 11.2 Å². The smallest absolute Gasteiger partial charge is 0.422 e. The number of fused-ring (bicyclic) bond motifs is 2. The quantitative estimate of drug-likeness (QED) is 0.318. The summed E-state index contributed by atoms with van der Waals surface area (Å²) in [6, 6.07) is 16.0. The molecule has 0 saturated carbocycles. The van der Waals surface area contributed by atoms with Crippen molar-refractivity contribution >= 4 is 22.5 Å². The molecule has 10 heteroatoms. The number of para-hydroxylation sites is 1. The van der Waals surface area contributed by atoms with E-state index in [0.29, 0.717) is 30.6 Å². The number of pyridine rings is 1. The maximum absolute atomic E-state index is 15.2. The number of halogens is 4. The molecule has 0 radical (unpaired) electrons. The molecule has 1 aliphatic heterocycles. The van der Waals surface area contributed by atoms with Crippen LogP contribution in [0, 0.1) is 5.82 Å². The molecule has 6 nitrogen and oxygen atoms in total. The SMILES string of the molecule is O=C1C(Oc2ccc(OCC(F)(F)F)nc2)CCN1c1cc(F)c2c(c1)C(c1cc3ccccc3[nH]1)CC2. The maximum atomic E-state index is 15.2. The minimum atomic E-state index is -4.47. The minimum absolute atomic E-state index is 0.000700. The number of amides is 1. The topological polar surface area (TPSA) is 67.5 Å². The number of carbonyl (C=O) groups is 1. The Hall–Kier alpha value is -4.08. The van der Waals surface area contributed by atoms with Gasteiger partial charge in [-0.25, -0.2) is 9.37 Å². The Morgan fingerprint density at radius 1 is 1.08 bits per heavy atom. The number of alkyl halides is 3. The molecule has 2 atom stereocenters. The number of H-pyrrole nitrogens is 1. The van der Waals surface area contributed by atoms with Crippen molar-refractivity contribution in [1.29, 1.82) is 0 Å². The third-order valence-electron chi connectivity index (χ3n) is 7.04. The van der Waals surface area contributed by atoms with E-state index < -0.39 is 18.9 Å². The van der Waals surface area contributed by atoms with Crippen LogP contribution in [0.25, 0.3) is 10.9 Å². The van der Waals surface area contributed by atoms with Gasteiger partial charge in [0, 0.05) is 41.8 Å². The summed E-state index contributed by atoms with van der Waals surface area (Å²) in [5.41, 5.74) is 4.08. The molecule has 1 saturated heterocycles. The lowest BCUT2D eigenvalue weighted by Crippen LogP contribution is -2.32. The average Bonchev–Trinajstić information content (AvgIpc) is 3.60. The van der Waals surface area contributed by atoms with E-state index in [2.05, 4.69) is 20.8 Å². The van der Waals surface area contributed by atoms with Gasteiger partial charge in [-0.15, -0.1) is 0 Å². The van der Waals surface area contributed by atoms with E-state index in [0.717, 1.165) is 28.6 Å². The van der Waals surface area contributed by atoms with Gasteiger partial charge in [0.15, 0.2) is 12.7 Å². The van der Waals surface area contributed by atoms with Gasteiger partial charge < -0.3 is 19.4 Å². The highest BCUT2D eigenvalue weighted by molar-refractivity contribution is 5.99. The van der Waals surface area contributed by atoms with Gasteiger partial charge in [0.2, 0.25) is 5.88 Å². The summed E-state index contributed by atoms with van der Waals surface area (Å²) in [4.78, 5) is 22.0. The highest BCUT2D eigenvalue weighted by Crippen LogP contribution is 2.42. The molecule has 0 spiro atoms. The van der Waals surface area contributed by atoms with E-state index in [1.54, 1.807) is 0 Å². The van der Waals surface area contributed by atoms with Gasteiger partial charge in [-0.1, -0.05) is 18.2 Å². The second-order valence-electron chi connectivity index (χ2n) is 9.52. The first-order valence-corrected chi connectivity index (χ1v) is 12.3. The highest BCUT2D eigenvalue weighted by atomic mass is 19.4. The Balaban J connectivity index is 1.18. The molecule has 1 N–H and O–H groups in total. The second-order valence-corrected chi connectivity index (χ2v) is 9.52. The number of hydrogen-bond donors (Lipinski definition) is 1. The Labute approximate surface area is 215 Å². The standard InChI is InChI=1S/C28H23F4N3O3/c29-22-13-17(12-21-19(22)6-7-20(21)24-11-16-3-1-2-4-23(16)34-24)35-10-9-25(27(35)36)38-18-5-8-26(33-14-18)37-15-28(30,31)32/h1-5,8,11-14,20,25,34H,6-7,9-10,15H2. The molecule has 196 valence electrons. The molecule has 2 aromatic heterocycles. The molecule has 6 rings (SSSR count). The monoisotopic (exact) mass is 525 g/mol. The number of ether oxygens (including phenoxy) is 2. The van der Waals surface area contributed by atoms with Crippen molar-refractivity contribution in [1.82, 2.24) is 9.97 Å². The lowest BCUT2D eigenvalue weighted by molar-refractivity contribution is -0.154. The van der Waals surface area contributed by atoms with Gasteiger partial charge >= 0.3 is 6.18 Å². The van der Waals surface area contributed by atoms with Gasteiger partial charge in [0.05, 0.1) is 6.20 Å². The van der Waals surface area contributed by atoms with Crippen molar-refractivity contribution in [3.8, 4) is 11.6 Å². The van der Waals surface area contributed by atoms with Crippen molar-refractivity contribution in [3.05, 3.63) is 83.4 Å². The molecule has 0 bridgehead atoms. The summed E-state index contributed by atoms with van der Waals surface area (Å²) in [6.45, 7) is -1.10. The second kappa shape index (κ2) is 9.34. The molecule has 38 heavy (non-hydrogen) atoms. The van der Waals surface area contributed by atoms with Crippen LogP contribution in [-0.4, -0.2) is 41.3 Å². The summed E-state index contributed by atoms with van der Waals surface area (Å²) in [5, 5.41) is 1.09. The zero-order valence-corrected chi connectivity index (χ0v) is 20.1. The van der Waals surface area contributed by atoms with Crippen LogP contribution in [0.3, 0.4) is 0 Å². The number of anilines is 1. The number of aromatic nitrogens is 2. The van der Waals surface area contributed by atoms with E-state index in [1.807, 2.05) is 30.3 Å². The molecule has 4 aromatic rings. The third-order valence-corrected chi connectivity index (χ3v) is 7.04. The predicted molar refractivity (Wildman–Crippen MR) is 132 cm³/mol. The van der Waals surface area contributed by atoms with Crippen molar-refractivity contribution in [2.75, 3.05) is 18.1 Å². The Bertz CT molecular complexity index is 1470. The molecule has 2 unspecified atom stereocenters. The average molecular weight is 526 g/mol. The molecule has 1 aliphatic carbocycles. The van der Waals surface area contributed by atoms with Crippen LogP contribution in [0.15, 0.2) is 60.8 Å². The largest absolute Gasteiger partial charge is 0.479 e. The number of carbonyl (C=O) groups excluding carboxylic acids is 1. The summed E-state index contributed by atoms with van der Waals surface area (Å²) in [6.07, 6.45) is -2.31. The third kappa shape index (κ3) is 4.66. The number of benzene rings is 2. The van der Waals surface area contributed by atoms with Gasteiger partial charge in [-0.05, 0) is 59.7 Å². The normalized spacial score (nSPS) is 19.3.